The van der Waals surface area contributed by atoms with Gasteiger partial charge in [0.15, 0.2) is 5.69 Å². The first-order valence-corrected chi connectivity index (χ1v) is 9.44. The number of nitrogens with one attached hydrogen (secondary N) is 2. The Kier molecular flexibility index (Phi) is 7.32. The standard InChI is InChI=1S/C19H27N5O3/c1-2-26-10-11-27-14-15-4-3-5-16(12-15)21-19(25)18-13-24(23-22-18)17-6-8-20-9-7-17/h3-5,12-13,17,20H,2,6-11,14H2,1H3,(H,21,25). The predicted octanol–water partition coefficient (Wildman–Crippen LogP) is 2.01. The van der Waals surface area contributed by atoms with Crippen LogP contribution in [-0.2, 0) is 16.1 Å². The van der Waals surface area contributed by atoms with Gasteiger partial charge in [-0.05, 0) is 50.6 Å². The summed E-state index contributed by atoms with van der Waals surface area (Å²) < 4.78 is 12.6. The molecule has 1 aromatic carbocycles. The van der Waals surface area contributed by atoms with E-state index in [1.807, 2.05) is 31.2 Å². The van der Waals surface area contributed by atoms with Gasteiger partial charge in [0.05, 0.1) is 32.1 Å². The number of carbonyl (C=O) groups excluding carboxylic acids is 1. The van der Waals surface area contributed by atoms with E-state index in [0.717, 1.165) is 31.5 Å². The Labute approximate surface area is 159 Å². The lowest BCUT2D eigenvalue weighted by Crippen LogP contribution is -2.29. The van der Waals surface area contributed by atoms with Crippen molar-refractivity contribution in [3.63, 3.8) is 0 Å². The molecular weight excluding hydrogens is 346 g/mol. The fraction of sp³-hybridized carbons (Fsp3) is 0.526. The van der Waals surface area contributed by atoms with Crippen LogP contribution in [0.4, 0.5) is 5.69 Å². The molecule has 146 valence electrons. The third kappa shape index (κ3) is 5.85. The van der Waals surface area contributed by atoms with Gasteiger partial charge in [-0.3, -0.25) is 4.79 Å². The first kappa shape index (κ1) is 19.5. The highest BCUT2D eigenvalue weighted by molar-refractivity contribution is 6.02. The molecule has 1 saturated heterocycles. The van der Waals surface area contributed by atoms with E-state index >= 15 is 0 Å². The third-order valence-electron chi connectivity index (χ3n) is 4.46. The summed E-state index contributed by atoms with van der Waals surface area (Å²) in [6, 6.07) is 7.90. The zero-order chi connectivity index (χ0) is 18.9. The average molecular weight is 373 g/mol. The Morgan fingerprint density at radius 3 is 2.93 bits per heavy atom. The van der Waals surface area contributed by atoms with Gasteiger partial charge in [-0.1, -0.05) is 17.3 Å². The molecule has 0 aliphatic carbocycles. The maximum absolute atomic E-state index is 12.5. The first-order chi connectivity index (χ1) is 13.3. The summed E-state index contributed by atoms with van der Waals surface area (Å²) in [5.74, 6) is -0.260. The van der Waals surface area contributed by atoms with Crippen molar-refractivity contribution in [1.29, 1.82) is 0 Å². The molecule has 0 bridgehead atoms. The molecule has 8 heteroatoms. The third-order valence-corrected chi connectivity index (χ3v) is 4.46. The molecule has 1 fully saturated rings. The molecule has 0 radical (unpaired) electrons. The molecule has 8 nitrogen and oxygen atoms in total. The largest absolute Gasteiger partial charge is 0.379 e. The number of amides is 1. The van der Waals surface area contributed by atoms with Gasteiger partial charge >= 0.3 is 0 Å². The van der Waals surface area contributed by atoms with Gasteiger partial charge in [0.2, 0.25) is 0 Å². The number of aromatic nitrogens is 3. The van der Waals surface area contributed by atoms with E-state index in [9.17, 15) is 4.79 Å². The molecule has 1 aliphatic rings. The minimum atomic E-state index is -0.260. The van der Waals surface area contributed by atoms with E-state index in [-0.39, 0.29) is 5.91 Å². The smallest absolute Gasteiger partial charge is 0.277 e. The monoisotopic (exact) mass is 373 g/mol. The van der Waals surface area contributed by atoms with Crippen LogP contribution < -0.4 is 10.6 Å². The van der Waals surface area contributed by atoms with Crippen molar-refractivity contribution < 1.29 is 14.3 Å². The summed E-state index contributed by atoms with van der Waals surface area (Å²) in [4.78, 5) is 12.5. The van der Waals surface area contributed by atoms with E-state index in [1.54, 1.807) is 10.9 Å². The lowest BCUT2D eigenvalue weighted by atomic mass is 10.1. The second-order valence-corrected chi connectivity index (χ2v) is 6.47. The van der Waals surface area contributed by atoms with Crippen molar-refractivity contribution in [3.8, 4) is 0 Å². The Bertz CT molecular complexity index is 728. The maximum atomic E-state index is 12.5. The molecule has 27 heavy (non-hydrogen) atoms. The molecule has 0 atom stereocenters. The minimum absolute atomic E-state index is 0.260. The van der Waals surface area contributed by atoms with Gasteiger partial charge in [-0.15, -0.1) is 5.10 Å². The normalized spacial score (nSPS) is 15.0. The van der Waals surface area contributed by atoms with E-state index in [0.29, 0.717) is 43.9 Å². The van der Waals surface area contributed by atoms with Crippen LogP contribution in [0.25, 0.3) is 0 Å². The SMILES string of the molecule is CCOCCOCc1cccc(NC(=O)c2cn(C3CCNCC3)nn2)c1. The van der Waals surface area contributed by atoms with E-state index in [1.165, 1.54) is 0 Å². The fourth-order valence-electron chi connectivity index (χ4n) is 3.02. The number of piperidine rings is 1. The highest BCUT2D eigenvalue weighted by atomic mass is 16.5. The van der Waals surface area contributed by atoms with E-state index < -0.39 is 0 Å². The fourth-order valence-corrected chi connectivity index (χ4v) is 3.02. The van der Waals surface area contributed by atoms with Crippen molar-refractivity contribution >= 4 is 11.6 Å². The molecule has 2 N–H and O–H groups in total. The highest BCUT2D eigenvalue weighted by Crippen LogP contribution is 2.18. The second kappa shape index (κ2) is 10.1. The van der Waals surface area contributed by atoms with Gasteiger partial charge in [-0.25, -0.2) is 4.68 Å². The summed E-state index contributed by atoms with van der Waals surface area (Å²) in [7, 11) is 0. The summed E-state index contributed by atoms with van der Waals surface area (Å²) in [6.45, 7) is 6.17. The molecule has 1 aliphatic heterocycles. The van der Waals surface area contributed by atoms with Crippen LogP contribution >= 0.6 is 0 Å². The molecule has 0 saturated carbocycles. The molecular formula is C19H27N5O3. The van der Waals surface area contributed by atoms with Crippen molar-refractivity contribution in [2.24, 2.45) is 0 Å². The number of nitrogens with zero attached hydrogens (tertiary/aromatic N) is 3. The van der Waals surface area contributed by atoms with E-state index in [2.05, 4.69) is 20.9 Å². The number of hydrogen-bond acceptors (Lipinski definition) is 6. The zero-order valence-electron chi connectivity index (χ0n) is 15.7. The van der Waals surface area contributed by atoms with Gasteiger partial charge in [0.25, 0.3) is 5.91 Å². The molecule has 2 aromatic rings. The number of benzene rings is 1. The lowest BCUT2D eigenvalue weighted by Gasteiger charge is -2.22. The molecule has 0 spiro atoms. The Hall–Kier alpha value is -2.29. The molecule has 1 amide bonds. The van der Waals surface area contributed by atoms with Gasteiger partial charge in [0, 0.05) is 12.3 Å². The van der Waals surface area contributed by atoms with E-state index in [4.69, 9.17) is 9.47 Å². The van der Waals surface area contributed by atoms with Gasteiger partial charge < -0.3 is 20.1 Å². The van der Waals surface area contributed by atoms with Crippen LogP contribution in [0.3, 0.4) is 0 Å². The summed E-state index contributed by atoms with van der Waals surface area (Å²) in [5.41, 5.74) is 2.02. The molecule has 2 heterocycles. The van der Waals surface area contributed by atoms with Crippen LogP contribution in [0.15, 0.2) is 30.5 Å². The minimum Gasteiger partial charge on any atom is -0.379 e. The number of carbonyl (C=O) groups is 1. The topological polar surface area (TPSA) is 90.3 Å². The number of anilines is 1. The number of hydrogen-bond donors (Lipinski definition) is 2. The van der Waals surface area contributed by atoms with Crippen LogP contribution in [0, 0.1) is 0 Å². The molecule has 0 unspecified atom stereocenters. The summed E-state index contributed by atoms with van der Waals surface area (Å²) in [5, 5.41) is 14.4. The van der Waals surface area contributed by atoms with Gasteiger partial charge in [0.1, 0.15) is 0 Å². The quantitative estimate of drug-likeness (QED) is 0.654. The van der Waals surface area contributed by atoms with Crippen molar-refractivity contribution in [2.45, 2.75) is 32.4 Å². The highest BCUT2D eigenvalue weighted by Gasteiger charge is 2.18. The Morgan fingerprint density at radius 1 is 1.30 bits per heavy atom. The van der Waals surface area contributed by atoms with Crippen LogP contribution in [0.5, 0.6) is 0 Å². The number of ether oxygens (including phenoxy) is 2. The second-order valence-electron chi connectivity index (χ2n) is 6.47. The zero-order valence-corrected chi connectivity index (χ0v) is 15.7. The number of rotatable bonds is 9. The maximum Gasteiger partial charge on any atom is 0.277 e. The Balaban J connectivity index is 1.53. The van der Waals surface area contributed by atoms with Crippen molar-refractivity contribution in [2.75, 3.05) is 38.2 Å². The van der Waals surface area contributed by atoms with Gasteiger partial charge in [-0.2, -0.15) is 0 Å². The predicted molar refractivity (Wildman–Crippen MR) is 102 cm³/mol. The lowest BCUT2D eigenvalue weighted by molar-refractivity contribution is 0.0453. The summed E-state index contributed by atoms with van der Waals surface area (Å²) in [6.07, 6.45) is 3.72. The van der Waals surface area contributed by atoms with Crippen molar-refractivity contribution in [3.05, 3.63) is 41.7 Å². The summed E-state index contributed by atoms with van der Waals surface area (Å²) >= 11 is 0. The molecule has 1 aromatic heterocycles. The Morgan fingerprint density at radius 2 is 2.11 bits per heavy atom. The van der Waals surface area contributed by atoms with Crippen LogP contribution in [0.2, 0.25) is 0 Å². The first-order valence-electron chi connectivity index (χ1n) is 9.44. The van der Waals surface area contributed by atoms with Crippen molar-refractivity contribution in [1.82, 2.24) is 20.3 Å². The molecule has 3 rings (SSSR count). The van der Waals surface area contributed by atoms with Crippen LogP contribution in [-0.4, -0.2) is 53.8 Å². The van der Waals surface area contributed by atoms with Crippen LogP contribution in [0.1, 0.15) is 41.9 Å². The average Bonchev–Trinajstić information content (AvgIpc) is 3.19.